The lowest BCUT2D eigenvalue weighted by Gasteiger charge is -2.25. The molecule has 2 N–H and O–H groups in total. The molecule has 0 spiro atoms. The minimum Gasteiger partial charge on any atom is -0.398 e. The van der Waals surface area contributed by atoms with Crippen molar-refractivity contribution in [2.75, 3.05) is 13.7 Å². The summed E-state index contributed by atoms with van der Waals surface area (Å²) in [6, 6.07) is -0.613. The highest BCUT2D eigenvalue weighted by molar-refractivity contribution is 6.69. The van der Waals surface area contributed by atoms with Crippen LogP contribution in [0.3, 0.4) is 0 Å². The number of amides is 3. The van der Waals surface area contributed by atoms with Crippen LogP contribution in [0.25, 0.3) is 0 Å². The van der Waals surface area contributed by atoms with Gasteiger partial charge in [0.2, 0.25) is 5.71 Å². The molecule has 7 nitrogen and oxygen atoms in total. The summed E-state index contributed by atoms with van der Waals surface area (Å²) in [6.45, 7) is 1.98. The summed E-state index contributed by atoms with van der Waals surface area (Å²) in [6.07, 6.45) is 0. The molecule has 0 aromatic heterocycles. The van der Waals surface area contributed by atoms with Crippen LogP contribution in [0.1, 0.15) is 6.92 Å². The molecular weight excluding hydrogens is 188 g/mol. The number of rotatable bonds is 2. The van der Waals surface area contributed by atoms with Crippen LogP contribution in [-0.4, -0.2) is 42.0 Å². The average Bonchev–Trinajstić information content (AvgIpc) is 2.12. The Morgan fingerprint density at radius 2 is 2.21 bits per heavy atom. The molecular formula is C7H10N4O3. The monoisotopic (exact) mass is 198 g/mol. The number of hydrogen-bond acceptors (Lipinski definition) is 5. The van der Waals surface area contributed by atoms with Crippen LogP contribution in [0, 0.1) is 5.41 Å². The largest absolute Gasteiger partial charge is 0.398 e. The van der Waals surface area contributed by atoms with E-state index in [9.17, 15) is 9.59 Å². The van der Waals surface area contributed by atoms with Gasteiger partial charge in [-0.25, -0.2) is 4.79 Å². The Kier molecular flexibility index (Phi) is 2.80. The van der Waals surface area contributed by atoms with Crippen molar-refractivity contribution in [1.29, 1.82) is 5.41 Å². The Hall–Kier alpha value is -1.92. The topological polar surface area (TPSA) is 94.8 Å². The van der Waals surface area contributed by atoms with Crippen molar-refractivity contribution >= 4 is 23.5 Å². The van der Waals surface area contributed by atoms with Crippen LogP contribution >= 0.6 is 0 Å². The van der Waals surface area contributed by atoms with E-state index < -0.39 is 11.9 Å². The zero-order chi connectivity index (χ0) is 10.7. The summed E-state index contributed by atoms with van der Waals surface area (Å²) in [5.41, 5.74) is -0.200. The number of nitrogens with one attached hydrogen (secondary N) is 2. The van der Waals surface area contributed by atoms with Gasteiger partial charge in [-0.1, -0.05) is 5.16 Å². The Morgan fingerprint density at radius 1 is 1.57 bits per heavy atom. The summed E-state index contributed by atoms with van der Waals surface area (Å²) in [7, 11) is 1.26. The van der Waals surface area contributed by atoms with Crippen molar-refractivity contribution in [3.8, 4) is 0 Å². The Bertz CT molecular complexity index is 323. The highest BCUT2D eigenvalue weighted by atomic mass is 16.6. The number of urea groups is 1. The predicted octanol–water partition coefficient (Wildman–Crippen LogP) is -0.462. The standard InChI is InChI=1S/C7H10N4O3/c1-3-11-5(8)4(10-14-2)6(12)9-7(11)13/h8H,3H2,1-2H3,(H,9,12,13)/b8-5?,10-4-. The molecule has 14 heavy (non-hydrogen) atoms. The molecule has 1 rings (SSSR count). The molecule has 3 amide bonds. The molecule has 0 aromatic carbocycles. The van der Waals surface area contributed by atoms with E-state index in [0.717, 1.165) is 4.90 Å². The number of hydrogen-bond donors (Lipinski definition) is 2. The maximum Gasteiger partial charge on any atom is 0.330 e. The van der Waals surface area contributed by atoms with Crippen LogP contribution < -0.4 is 5.32 Å². The lowest BCUT2D eigenvalue weighted by molar-refractivity contribution is -0.114. The number of amidine groups is 1. The number of imide groups is 1. The number of oxime groups is 1. The molecule has 0 aliphatic carbocycles. The zero-order valence-electron chi connectivity index (χ0n) is 7.83. The van der Waals surface area contributed by atoms with Gasteiger partial charge in [-0.05, 0) is 6.92 Å². The summed E-state index contributed by atoms with van der Waals surface area (Å²) in [5, 5.41) is 12.9. The van der Waals surface area contributed by atoms with Gasteiger partial charge < -0.3 is 4.84 Å². The molecule has 1 fully saturated rings. The Balaban J connectivity index is 3.00. The third kappa shape index (κ3) is 1.56. The molecule has 7 heteroatoms. The zero-order valence-corrected chi connectivity index (χ0v) is 7.83. The SMILES string of the molecule is CCN1C(=N)/C(=N/OC)C(=O)NC1=O. The van der Waals surface area contributed by atoms with E-state index >= 15 is 0 Å². The van der Waals surface area contributed by atoms with Gasteiger partial charge in [-0.2, -0.15) is 0 Å². The van der Waals surface area contributed by atoms with Crippen LogP contribution in [0.5, 0.6) is 0 Å². The van der Waals surface area contributed by atoms with Gasteiger partial charge in [0, 0.05) is 6.54 Å². The normalized spacial score (nSPS) is 20.0. The summed E-state index contributed by atoms with van der Waals surface area (Å²) in [5.74, 6) is -0.963. The van der Waals surface area contributed by atoms with Crippen LogP contribution in [0.2, 0.25) is 0 Å². The molecule has 0 bridgehead atoms. The van der Waals surface area contributed by atoms with Crippen LogP contribution in [-0.2, 0) is 9.63 Å². The first kappa shape index (κ1) is 10.2. The average molecular weight is 198 g/mol. The van der Waals surface area contributed by atoms with Crippen LogP contribution in [0.15, 0.2) is 5.16 Å². The molecule has 1 saturated heterocycles. The molecule has 1 aliphatic heterocycles. The van der Waals surface area contributed by atoms with E-state index in [1.165, 1.54) is 7.11 Å². The fourth-order valence-electron chi connectivity index (χ4n) is 1.04. The van der Waals surface area contributed by atoms with E-state index in [-0.39, 0.29) is 11.5 Å². The lowest BCUT2D eigenvalue weighted by atomic mass is 10.2. The van der Waals surface area contributed by atoms with E-state index in [0.29, 0.717) is 6.54 Å². The maximum absolute atomic E-state index is 11.2. The first-order chi connectivity index (χ1) is 6.61. The minimum atomic E-state index is -0.716. The number of nitrogens with zero attached hydrogens (tertiary/aromatic N) is 2. The van der Waals surface area contributed by atoms with Crippen LogP contribution in [0.4, 0.5) is 4.79 Å². The van der Waals surface area contributed by atoms with Gasteiger partial charge in [-0.3, -0.25) is 20.4 Å². The van der Waals surface area contributed by atoms with E-state index in [4.69, 9.17) is 5.41 Å². The second-order valence-electron chi connectivity index (χ2n) is 2.47. The van der Waals surface area contributed by atoms with Gasteiger partial charge in [0.15, 0.2) is 5.84 Å². The molecule has 1 heterocycles. The predicted molar refractivity (Wildman–Crippen MR) is 48.1 cm³/mol. The molecule has 0 radical (unpaired) electrons. The highest BCUT2D eigenvalue weighted by Crippen LogP contribution is 2.01. The van der Waals surface area contributed by atoms with Gasteiger partial charge in [0.05, 0.1) is 0 Å². The molecule has 0 atom stereocenters. The molecule has 0 aromatic rings. The van der Waals surface area contributed by atoms with E-state index in [2.05, 4.69) is 9.99 Å². The van der Waals surface area contributed by atoms with Crippen molar-refractivity contribution < 1.29 is 14.4 Å². The fourth-order valence-corrected chi connectivity index (χ4v) is 1.04. The molecule has 0 unspecified atom stereocenters. The summed E-state index contributed by atoms with van der Waals surface area (Å²) in [4.78, 5) is 27.8. The van der Waals surface area contributed by atoms with Gasteiger partial charge >= 0.3 is 6.03 Å². The first-order valence-electron chi connectivity index (χ1n) is 3.94. The van der Waals surface area contributed by atoms with Crippen molar-refractivity contribution in [2.24, 2.45) is 5.16 Å². The van der Waals surface area contributed by atoms with Crippen molar-refractivity contribution in [1.82, 2.24) is 10.2 Å². The third-order valence-electron chi connectivity index (χ3n) is 1.67. The van der Waals surface area contributed by atoms with Crippen molar-refractivity contribution in [2.45, 2.75) is 6.92 Å². The minimum absolute atomic E-state index is 0.200. The summed E-state index contributed by atoms with van der Waals surface area (Å²) < 4.78 is 0. The Morgan fingerprint density at radius 3 is 2.71 bits per heavy atom. The van der Waals surface area contributed by atoms with E-state index in [1.807, 2.05) is 5.32 Å². The van der Waals surface area contributed by atoms with Gasteiger partial charge in [0.25, 0.3) is 5.91 Å². The second kappa shape index (κ2) is 3.86. The van der Waals surface area contributed by atoms with Gasteiger partial charge in [0.1, 0.15) is 7.11 Å². The van der Waals surface area contributed by atoms with Gasteiger partial charge in [-0.15, -0.1) is 0 Å². The smallest absolute Gasteiger partial charge is 0.330 e. The lowest BCUT2D eigenvalue weighted by Crippen LogP contribution is -2.58. The third-order valence-corrected chi connectivity index (χ3v) is 1.67. The Labute approximate surface area is 80.2 Å². The fraction of sp³-hybridized carbons (Fsp3) is 0.429. The van der Waals surface area contributed by atoms with E-state index in [1.54, 1.807) is 6.92 Å². The second-order valence-corrected chi connectivity index (χ2v) is 2.47. The van der Waals surface area contributed by atoms with Crippen molar-refractivity contribution in [3.63, 3.8) is 0 Å². The number of carbonyl (C=O) groups excluding carboxylic acids is 2. The van der Waals surface area contributed by atoms with Crippen molar-refractivity contribution in [3.05, 3.63) is 0 Å². The molecule has 76 valence electrons. The summed E-state index contributed by atoms with van der Waals surface area (Å²) >= 11 is 0. The molecule has 1 aliphatic rings. The highest BCUT2D eigenvalue weighted by Gasteiger charge is 2.33. The molecule has 0 saturated carbocycles. The first-order valence-corrected chi connectivity index (χ1v) is 3.94. The quantitative estimate of drug-likeness (QED) is 0.587. The number of carbonyl (C=O) groups is 2. The maximum atomic E-state index is 11.2.